The number of fused-ring (bicyclic) bond motifs is 2. The molecule has 2 aliphatic heterocycles. The monoisotopic (exact) mass is 263 g/mol. The van der Waals surface area contributed by atoms with Crippen molar-refractivity contribution in [3.63, 3.8) is 0 Å². The van der Waals surface area contributed by atoms with Crippen LogP contribution in [0.15, 0.2) is 17.2 Å². The summed E-state index contributed by atoms with van der Waals surface area (Å²) in [6, 6.07) is -0.268. The Morgan fingerprint density at radius 1 is 1.42 bits per heavy atom. The predicted octanol–water partition coefficient (Wildman–Crippen LogP) is -0.152. The average Bonchev–Trinajstić information content (AvgIpc) is 2.96. The molecule has 1 aromatic rings. The van der Waals surface area contributed by atoms with E-state index in [0.29, 0.717) is 6.42 Å². The van der Waals surface area contributed by atoms with Gasteiger partial charge in [-0.2, -0.15) is 0 Å². The number of carbonyl (C=O) groups is 2. The van der Waals surface area contributed by atoms with Crippen molar-refractivity contribution in [3.8, 4) is 0 Å². The molecule has 7 nitrogen and oxygen atoms in total. The van der Waals surface area contributed by atoms with Crippen LogP contribution in [0.2, 0.25) is 0 Å². The van der Waals surface area contributed by atoms with Gasteiger partial charge < -0.3 is 15.0 Å². The Hall–Kier alpha value is -2.18. The Labute approximate surface area is 108 Å². The molecule has 3 atom stereocenters. The largest absolute Gasteiger partial charge is 0.481 e. The maximum absolute atomic E-state index is 12.3. The van der Waals surface area contributed by atoms with E-state index in [1.54, 1.807) is 4.90 Å². The van der Waals surface area contributed by atoms with Crippen molar-refractivity contribution >= 4 is 11.9 Å². The van der Waals surface area contributed by atoms with Crippen molar-refractivity contribution in [3.05, 3.63) is 28.4 Å². The number of carboxylic acid groups (broad SMARTS) is 1. The number of rotatable bonds is 2. The Bertz CT molecular complexity index is 576. The van der Waals surface area contributed by atoms with Crippen molar-refractivity contribution in [2.24, 2.45) is 5.92 Å². The first-order chi connectivity index (χ1) is 9.08. The first kappa shape index (κ1) is 11.9. The average molecular weight is 263 g/mol. The van der Waals surface area contributed by atoms with Crippen LogP contribution < -0.4 is 5.56 Å². The van der Waals surface area contributed by atoms with E-state index in [-0.39, 0.29) is 29.2 Å². The molecule has 19 heavy (non-hydrogen) atoms. The van der Waals surface area contributed by atoms with Crippen molar-refractivity contribution in [1.29, 1.82) is 0 Å². The number of nitrogens with one attached hydrogen (secondary N) is 1. The van der Waals surface area contributed by atoms with Gasteiger partial charge in [0, 0.05) is 18.3 Å². The SMILES string of the molecule is O=C(O)C1CC2CCC1N2C(=O)c1c[nH]c(=O)cn1. The van der Waals surface area contributed by atoms with Crippen LogP contribution in [-0.4, -0.2) is 43.9 Å². The minimum atomic E-state index is -0.848. The number of aromatic amines is 1. The van der Waals surface area contributed by atoms with E-state index in [1.165, 1.54) is 6.20 Å². The normalized spacial score (nSPS) is 28.6. The van der Waals surface area contributed by atoms with E-state index < -0.39 is 11.9 Å². The van der Waals surface area contributed by atoms with Gasteiger partial charge in [-0.3, -0.25) is 14.4 Å². The lowest BCUT2D eigenvalue weighted by Gasteiger charge is -2.22. The molecule has 0 saturated carbocycles. The quantitative estimate of drug-likeness (QED) is 0.772. The summed E-state index contributed by atoms with van der Waals surface area (Å²) in [4.78, 5) is 42.2. The highest BCUT2D eigenvalue weighted by molar-refractivity contribution is 5.93. The fourth-order valence-electron chi connectivity index (χ4n) is 3.16. The molecule has 2 bridgehead atoms. The highest BCUT2D eigenvalue weighted by atomic mass is 16.4. The maximum Gasteiger partial charge on any atom is 0.308 e. The van der Waals surface area contributed by atoms with Gasteiger partial charge >= 0.3 is 5.97 Å². The molecule has 2 saturated heterocycles. The maximum atomic E-state index is 12.3. The molecule has 2 aliphatic rings. The van der Waals surface area contributed by atoms with Crippen LogP contribution in [0.1, 0.15) is 29.8 Å². The van der Waals surface area contributed by atoms with Crippen LogP contribution in [0.25, 0.3) is 0 Å². The lowest BCUT2D eigenvalue weighted by atomic mass is 9.89. The van der Waals surface area contributed by atoms with E-state index in [0.717, 1.165) is 19.0 Å². The molecule has 7 heteroatoms. The van der Waals surface area contributed by atoms with Crippen LogP contribution >= 0.6 is 0 Å². The molecule has 0 spiro atoms. The predicted molar refractivity (Wildman–Crippen MR) is 63.6 cm³/mol. The molecule has 3 rings (SSSR count). The number of nitrogens with zero attached hydrogens (tertiary/aromatic N) is 2. The minimum absolute atomic E-state index is 0.0210. The summed E-state index contributed by atoms with van der Waals surface area (Å²) in [5.74, 6) is -1.63. The Morgan fingerprint density at radius 2 is 2.21 bits per heavy atom. The van der Waals surface area contributed by atoms with Gasteiger partial charge in [-0.05, 0) is 19.3 Å². The second-order valence-electron chi connectivity index (χ2n) is 4.99. The number of aromatic nitrogens is 2. The highest BCUT2D eigenvalue weighted by Gasteiger charge is 2.51. The number of carboxylic acids is 1. The van der Waals surface area contributed by atoms with Crippen LogP contribution in [0.5, 0.6) is 0 Å². The van der Waals surface area contributed by atoms with Crippen LogP contribution in [-0.2, 0) is 4.79 Å². The summed E-state index contributed by atoms with van der Waals surface area (Å²) in [5, 5.41) is 9.14. The number of aliphatic carboxylic acids is 1. The number of amides is 1. The Balaban J connectivity index is 1.87. The molecule has 2 fully saturated rings. The molecular weight excluding hydrogens is 250 g/mol. The minimum Gasteiger partial charge on any atom is -0.481 e. The zero-order chi connectivity index (χ0) is 13.6. The molecular formula is C12H13N3O4. The second kappa shape index (κ2) is 4.18. The summed E-state index contributed by atoms with van der Waals surface area (Å²) in [5.41, 5.74) is -0.216. The zero-order valence-corrected chi connectivity index (χ0v) is 10.1. The number of hydrogen-bond donors (Lipinski definition) is 2. The van der Waals surface area contributed by atoms with Gasteiger partial charge in [0.05, 0.1) is 12.1 Å². The summed E-state index contributed by atoms with van der Waals surface area (Å²) < 4.78 is 0. The Kier molecular flexibility index (Phi) is 2.62. The van der Waals surface area contributed by atoms with E-state index in [9.17, 15) is 14.4 Å². The van der Waals surface area contributed by atoms with Crippen molar-refractivity contribution in [2.75, 3.05) is 0 Å². The van der Waals surface area contributed by atoms with Gasteiger partial charge in [0.2, 0.25) is 0 Å². The van der Waals surface area contributed by atoms with Crippen molar-refractivity contribution in [2.45, 2.75) is 31.3 Å². The third-order valence-corrected chi connectivity index (χ3v) is 3.98. The van der Waals surface area contributed by atoms with E-state index >= 15 is 0 Å². The van der Waals surface area contributed by atoms with E-state index in [4.69, 9.17) is 5.11 Å². The lowest BCUT2D eigenvalue weighted by molar-refractivity contribution is -0.142. The van der Waals surface area contributed by atoms with Gasteiger partial charge in [-0.25, -0.2) is 4.98 Å². The Morgan fingerprint density at radius 3 is 2.79 bits per heavy atom. The lowest BCUT2D eigenvalue weighted by Crippen LogP contribution is -2.38. The highest BCUT2D eigenvalue weighted by Crippen LogP contribution is 2.42. The molecule has 0 aliphatic carbocycles. The van der Waals surface area contributed by atoms with Gasteiger partial charge in [-0.1, -0.05) is 0 Å². The van der Waals surface area contributed by atoms with Crippen LogP contribution in [0, 0.1) is 5.92 Å². The summed E-state index contributed by atoms with van der Waals surface area (Å²) >= 11 is 0. The third kappa shape index (κ3) is 1.81. The zero-order valence-electron chi connectivity index (χ0n) is 10.1. The fraction of sp³-hybridized carbons (Fsp3) is 0.500. The van der Waals surface area contributed by atoms with Crippen molar-refractivity contribution in [1.82, 2.24) is 14.9 Å². The van der Waals surface area contributed by atoms with Crippen LogP contribution in [0.3, 0.4) is 0 Å². The second-order valence-corrected chi connectivity index (χ2v) is 4.99. The van der Waals surface area contributed by atoms with Gasteiger partial charge in [0.25, 0.3) is 11.5 Å². The van der Waals surface area contributed by atoms with Crippen LogP contribution in [0.4, 0.5) is 0 Å². The molecule has 100 valence electrons. The van der Waals surface area contributed by atoms with Gasteiger partial charge in [0.15, 0.2) is 0 Å². The van der Waals surface area contributed by atoms with Gasteiger partial charge in [0.1, 0.15) is 5.69 Å². The first-order valence-corrected chi connectivity index (χ1v) is 6.18. The van der Waals surface area contributed by atoms with E-state index in [1.807, 2.05) is 0 Å². The summed E-state index contributed by atoms with van der Waals surface area (Å²) in [6.45, 7) is 0. The number of hydrogen-bond acceptors (Lipinski definition) is 4. The molecule has 3 unspecified atom stereocenters. The van der Waals surface area contributed by atoms with Gasteiger partial charge in [-0.15, -0.1) is 0 Å². The smallest absolute Gasteiger partial charge is 0.308 e. The third-order valence-electron chi connectivity index (χ3n) is 3.98. The number of H-pyrrole nitrogens is 1. The molecule has 0 radical (unpaired) electrons. The molecule has 0 aromatic carbocycles. The van der Waals surface area contributed by atoms with E-state index in [2.05, 4.69) is 9.97 Å². The fourth-order valence-corrected chi connectivity index (χ4v) is 3.16. The molecule has 1 amide bonds. The first-order valence-electron chi connectivity index (χ1n) is 6.18. The number of carbonyl (C=O) groups excluding carboxylic acids is 1. The molecule has 1 aromatic heterocycles. The molecule has 2 N–H and O–H groups in total. The summed E-state index contributed by atoms with van der Waals surface area (Å²) in [6.07, 6.45) is 4.40. The summed E-state index contributed by atoms with van der Waals surface area (Å²) in [7, 11) is 0. The topological polar surface area (TPSA) is 103 Å². The van der Waals surface area contributed by atoms with Crippen molar-refractivity contribution < 1.29 is 14.7 Å². The standard InChI is InChI=1S/C12H13N3O4/c16-10-5-13-8(4-14-10)11(17)15-6-1-2-9(15)7(3-6)12(18)19/h4-7,9H,1-3H2,(H,14,16)(H,18,19). The molecule has 3 heterocycles.